The minimum Gasteiger partial charge on any atom is -0.266 e. The molecule has 0 aliphatic carbocycles. The zero-order valence-electron chi connectivity index (χ0n) is 15.2. The highest BCUT2D eigenvalue weighted by molar-refractivity contribution is 9.10. The van der Waals surface area contributed by atoms with E-state index in [0.717, 1.165) is 21.3 Å². The van der Waals surface area contributed by atoms with Crippen LogP contribution in [0.5, 0.6) is 0 Å². The van der Waals surface area contributed by atoms with Crippen LogP contribution in [0.1, 0.15) is 5.56 Å². The molecule has 0 radical (unpaired) electrons. The Hall–Kier alpha value is -3.51. The van der Waals surface area contributed by atoms with Gasteiger partial charge >= 0.3 is 0 Å². The Morgan fingerprint density at radius 2 is 1.45 bits per heavy atom. The number of hydrogen-bond acceptors (Lipinski definition) is 3. The van der Waals surface area contributed by atoms with Crippen molar-refractivity contribution in [1.29, 1.82) is 0 Å². The van der Waals surface area contributed by atoms with Gasteiger partial charge in [0, 0.05) is 10.0 Å². The summed E-state index contributed by atoms with van der Waals surface area (Å²) in [4.78, 5) is 13.4. The first-order valence-corrected chi connectivity index (χ1v) is 9.90. The average molecular weight is 443 g/mol. The number of nitrogens with zero attached hydrogens (tertiary/aromatic N) is 4. The minimum atomic E-state index is -0.136. The van der Waals surface area contributed by atoms with Crippen LogP contribution in [0.3, 0.4) is 0 Å². The van der Waals surface area contributed by atoms with Gasteiger partial charge in [0.25, 0.3) is 5.56 Å². The summed E-state index contributed by atoms with van der Waals surface area (Å²) in [5.41, 5.74) is 2.44. The molecular weight excluding hydrogens is 428 g/mol. The zero-order chi connectivity index (χ0) is 19.8. The molecule has 0 fully saturated rings. The molecule has 6 heteroatoms. The molecule has 0 aliphatic rings. The van der Waals surface area contributed by atoms with Crippen molar-refractivity contribution >= 4 is 27.8 Å². The second-order valence-electron chi connectivity index (χ2n) is 6.58. The van der Waals surface area contributed by atoms with E-state index in [2.05, 4.69) is 26.1 Å². The van der Waals surface area contributed by atoms with E-state index >= 15 is 0 Å². The maximum atomic E-state index is 13.4. The average Bonchev–Trinajstić information content (AvgIpc) is 3.29. The number of aromatic nitrogens is 4. The molecule has 5 aromatic rings. The van der Waals surface area contributed by atoms with Gasteiger partial charge in [0.1, 0.15) is 5.35 Å². The lowest BCUT2D eigenvalue weighted by Gasteiger charge is -1.99. The lowest BCUT2D eigenvalue weighted by Crippen LogP contribution is -2.30. The highest BCUT2D eigenvalue weighted by Crippen LogP contribution is 2.20. The minimum absolute atomic E-state index is 0.136. The Kier molecular flexibility index (Phi) is 4.33. The number of imidazole rings is 1. The number of fused-ring (bicyclic) bond motifs is 1. The Morgan fingerprint density at radius 3 is 2.14 bits per heavy atom. The summed E-state index contributed by atoms with van der Waals surface area (Å²) in [6.07, 6.45) is 1.88. The maximum absolute atomic E-state index is 13.4. The van der Waals surface area contributed by atoms with Crippen molar-refractivity contribution in [2.75, 3.05) is 0 Å². The predicted molar refractivity (Wildman–Crippen MR) is 117 cm³/mol. The summed E-state index contributed by atoms with van der Waals surface area (Å²) in [6.45, 7) is 0. The van der Waals surface area contributed by atoms with E-state index in [1.165, 1.54) is 0 Å². The van der Waals surface area contributed by atoms with Gasteiger partial charge in [-0.3, -0.25) is 9.20 Å². The second kappa shape index (κ2) is 7.14. The van der Waals surface area contributed by atoms with Crippen LogP contribution >= 0.6 is 15.9 Å². The standard InChI is InChI=1S/C23H15BrN4O/c24-18-13-11-17(12-14-18)21-25-26-23-27(19-9-5-2-6-10-19)22(29)20(28(21)23)15-16-7-3-1-4-8-16/h1-15H/b20-15+. The summed E-state index contributed by atoms with van der Waals surface area (Å²) < 4.78 is 4.40. The summed E-state index contributed by atoms with van der Waals surface area (Å²) >= 11 is 3.46. The van der Waals surface area contributed by atoms with E-state index in [-0.39, 0.29) is 5.56 Å². The van der Waals surface area contributed by atoms with E-state index in [0.29, 0.717) is 17.0 Å². The molecule has 3 aromatic carbocycles. The Morgan fingerprint density at radius 1 is 0.793 bits per heavy atom. The SMILES string of the molecule is O=c1/c(=C\c2ccccc2)n2c(-c3ccc(Br)cc3)nnc2n1-c1ccccc1. The van der Waals surface area contributed by atoms with E-state index in [1.54, 1.807) is 4.57 Å². The molecule has 0 atom stereocenters. The molecule has 0 bridgehead atoms. The number of hydrogen-bond donors (Lipinski definition) is 0. The molecule has 29 heavy (non-hydrogen) atoms. The number of para-hydroxylation sites is 1. The highest BCUT2D eigenvalue weighted by Gasteiger charge is 2.19. The number of halogens is 1. The van der Waals surface area contributed by atoms with Gasteiger partial charge in [-0.15, -0.1) is 10.2 Å². The maximum Gasteiger partial charge on any atom is 0.282 e. The van der Waals surface area contributed by atoms with Crippen molar-refractivity contribution in [1.82, 2.24) is 19.2 Å². The van der Waals surface area contributed by atoms with E-state index in [9.17, 15) is 4.79 Å². The van der Waals surface area contributed by atoms with Crippen LogP contribution in [-0.4, -0.2) is 19.2 Å². The molecular formula is C23H15BrN4O. The molecule has 2 aromatic heterocycles. The number of rotatable bonds is 3. The first kappa shape index (κ1) is 17.6. The monoisotopic (exact) mass is 442 g/mol. The van der Waals surface area contributed by atoms with E-state index in [4.69, 9.17) is 0 Å². The van der Waals surface area contributed by atoms with E-state index in [1.807, 2.05) is 95.4 Å². The molecule has 2 heterocycles. The predicted octanol–water partition coefficient (Wildman–Crippen LogP) is 3.86. The van der Waals surface area contributed by atoms with Crippen molar-refractivity contribution in [2.24, 2.45) is 0 Å². The topological polar surface area (TPSA) is 52.2 Å². The Bertz CT molecular complexity index is 1410. The van der Waals surface area contributed by atoms with Crippen molar-refractivity contribution in [2.45, 2.75) is 0 Å². The Labute approximate surface area is 174 Å². The number of benzene rings is 3. The first-order valence-electron chi connectivity index (χ1n) is 9.10. The molecule has 5 rings (SSSR count). The zero-order valence-corrected chi connectivity index (χ0v) is 16.8. The van der Waals surface area contributed by atoms with Gasteiger partial charge in [0.15, 0.2) is 5.82 Å². The van der Waals surface area contributed by atoms with Gasteiger partial charge in [-0.1, -0.05) is 76.6 Å². The van der Waals surface area contributed by atoms with Crippen LogP contribution < -0.4 is 10.9 Å². The largest absolute Gasteiger partial charge is 0.282 e. The summed E-state index contributed by atoms with van der Waals surface area (Å²) in [7, 11) is 0. The van der Waals surface area contributed by atoms with Gasteiger partial charge in [0.05, 0.1) is 5.69 Å². The first-order chi connectivity index (χ1) is 14.2. The fourth-order valence-corrected chi connectivity index (χ4v) is 3.64. The van der Waals surface area contributed by atoms with Crippen LogP contribution in [0.15, 0.2) is 94.2 Å². The molecule has 5 nitrogen and oxygen atoms in total. The molecule has 0 unspecified atom stereocenters. The molecule has 0 N–H and O–H groups in total. The quantitative estimate of drug-likeness (QED) is 0.426. The lowest BCUT2D eigenvalue weighted by atomic mass is 10.2. The van der Waals surface area contributed by atoms with Gasteiger partial charge in [-0.2, -0.15) is 0 Å². The lowest BCUT2D eigenvalue weighted by molar-refractivity contribution is 0.997. The molecule has 0 saturated carbocycles. The van der Waals surface area contributed by atoms with Gasteiger partial charge < -0.3 is 0 Å². The third kappa shape index (κ3) is 3.07. The van der Waals surface area contributed by atoms with Crippen molar-refractivity contribution < 1.29 is 0 Å². The van der Waals surface area contributed by atoms with Crippen LogP contribution in [0.4, 0.5) is 0 Å². The third-order valence-electron chi connectivity index (χ3n) is 4.73. The molecule has 0 spiro atoms. The van der Waals surface area contributed by atoms with Crippen LogP contribution in [0, 0.1) is 0 Å². The van der Waals surface area contributed by atoms with Gasteiger partial charge in [-0.25, -0.2) is 4.57 Å². The normalized spacial score (nSPS) is 12.0. The van der Waals surface area contributed by atoms with Gasteiger partial charge in [-0.05, 0) is 35.9 Å². The Balaban J connectivity index is 1.88. The van der Waals surface area contributed by atoms with Crippen LogP contribution in [-0.2, 0) is 0 Å². The summed E-state index contributed by atoms with van der Waals surface area (Å²) in [5, 5.41) is 9.28. The van der Waals surface area contributed by atoms with Crippen LogP contribution in [0.25, 0.3) is 28.9 Å². The van der Waals surface area contributed by atoms with Gasteiger partial charge in [0.2, 0.25) is 5.78 Å². The van der Waals surface area contributed by atoms with Crippen molar-refractivity contribution in [3.05, 3.63) is 111 Å². The molecule has 0 aliphatic heterocycles. The summed E-state index contributed by atoms with van der Waals surface area (Å²) in [6, 6.07) is 27.1. The fraction of sp³-hybridized carbons (Fsp3) is 0. The third-order valence-corrected chi connectivity index (χ3v) is 5.26. The molecule has 140 valence electrons. The smallest absolute Gasteiger partial charge is 0.266 e. The van der Waals surface area contributed by atoms with Crippen molar-refractivity contribution in [3.63, 3.8) is 0 Å². The molecule has 0 saturated heterocycles. The molecule has 0 amide bonds. The fourth-order valence-electron chi connectivity index (χ4n) is 3.37. The van der Waals surface area contributed by atoms with Crippen LogP contribution in [0.2, 0.25) is 0 Å². The highest BCUT2D eigenvalue weighted by atomic mass is 79.9. The summed E-state index contributed by atoms with van der Waals surface area (Å²) in [5.74, 6) is 1.11. The van der Waals surface area contributed by atoms with E-state index < -0.39 is 0 Å². The second-order valence-corrected chi connectivity index (χ2v) is 7.50. The van der Waals surface area contributed by atoms with Crippen molar-refractivity contribution in [3.8, 4) is 17.1 Å².